The summed E-state index contributed by atoms with van der Waals surface area (Å²) in [6.45, 7) is 17.4. The van der Waals surface area contributed by atoms with Gasteiger partial charge in [-0.1, -0.05) is 131 Å². The van der Waals surface area contributed by atoms with Gasteiger partial charge in [0.25, 0.3) is 0 Å². The van der Waals surface area contributed by atoms with Crippen molar-refractivity contribution in [2.75, 3.05) is 0 Å². The number of fused-ring (bicyclic) bond motifs is 8. The quantitative estimate of drug-likeness (QED) is 0.165. The Balaban J connectivity index is 0.000000158. The first-order chi connectivity index (χ1) is 32.8. The fourth-order valence-corrected chi connectivity index (χ4v) is 12.3. The van der Waals surface area contributed by atoms with Crippen molar-refractivity contribution in [2.24, 2.45) is 9.98 Å². The molecule has 0 N–H and O–H groups in total. The van der Waals surface area contributed by atoms with Crippen LogP contribution in [0, 0.1) is 55.4 Å². The number of allylic oxidation sites excluding steroid dienone is 4. The van der Waals surface area contributed by atoms with Crippen LogP contribution in [0.1, 0.15) is 91.0 Å². The Labute approximate surface area is 433 Å². The predicted molar refractivity (Wildman–Crippen MR) is 294 cm³/mol. The van der Waals surface area contributed by atoms with Gasteiger partial charge in [0.05, 0.1) is 22.8 Å². The molecule has 6 aromatic carbocycles. The van der Waals surface area contributed by atoms with Crippen molar-refractivity contribution < 1.29 is 17.1 Å². The average molecular weight is 1080 g/mol. The van der Waals surface area contributed by atoms with E-state index in [4.69, 9.17) is 20.0 Å². The van der Waals surface area contributed by atoms with E-state index >= 15 is 0 Å². The normalized spacial score (nSPS) is 16.0. The molecule has 345 valence electrons. The molecule has 4 heterocycles. The number of hydrogen-bond acceptors (Lipinski definition) is 2. The molecule has 4 aliphatic rings. The van der Waals surface area contributed by atoms with Crippen LogP contribution in [-0.2, 0) is 29.9 Å². The summed E-state index contributed by atoms with van der Waals surface area (Å²) in [6.07, 6.45) is 8.44. The molecule has 8 aromatic rings. The number of aromatic nitrogens is 2. The Morgan fingerprint density at radius 2 is 0.812 bits per heavy atom. The molecule has 0 unspecified atom stereocenters. The molecule has 0 atom stereocenters. The van der Waals surface area contributed by atoms with E-state index < -0.39 is 0 Å². The number of rotatable bonds is 4. The zero-order chi connectivity index (χ0) is 47.1. The summed E-state index contributed by atoms with van der Waals surface area (Å²) in [5, 5.41) is 4.76. The van der Waals surface area contributed by atoms with Gasteiger partial charge in [0.2, 0.25) is 0 Å². The van der Waals surface area contributed by atoms with Crippen molar-refractivity contribution in [3.05, 3.63) is 219 Å². The summed E-state index contributed by atoms with van der Waals surface area (Å²) >= 11 is 7.77. The van der Waals surface area contributed by atoms with Crippen LogP contribution in [0.3, 0.4) is 0 Å². The number of nitrogens with zero attached hydrogens (tertiary/aromatic N) is 4. The minimum absolute atomic E-state index is 0. The first-order valence-electron chi connectivity index (χ1n) is 23.7. The molecule has 0 bridgehead atoms. The molecule has 0 fully saturated rings. The molecule has 12 rings (SSSR count). The smallest absolute Gasteiger partial charge is 0.656 e. The predicted octanol–water partition coefficient (Wildman–Crippen LogP) is 16.3. The number of halogens is 2. The second-order valence-corrected chi connectivity index (χ2v) is 20.8. The van der Waals surface area contributed by atoms with E-state index in [0.29, 0.717) is 0 Å². The van der Waals surface area contributed by atoms with Crippen LogP contribution in [0.5, 0.6) is 0 Å². The van der Waals surface area contributed by atoms with Gasteiger partial charge in [-0.15, -0.1) is 22.8 Å². The number of hydrogen-bond donors (Lipinski definition) is 0. The molecule has 0 saturated heterocycles. The Kier molecular flexibility index (Phi) is 12.6. The van der Waals surface area contributed by atoms with E-state index in [1.54, 1.807) is 0 Å². The van der Waals surface area contributed by atoms with Gasteiger partial charge >= 0.3 is 17.1 Å². The Bertz CT molecular complexity index is 3390. The third-order valence-electron chi connectivity index (χ3n) is 14.1. The first-order valence-corrected chi connectivity index (χ1v) is 25.3. The summed E-state index contributed by atoms with van der Waals surface area (Å²) in [5.41, 5.74) is 28.7. The molecule has 2 aromatic heterocycles. The van der Waals surface area contributed by atoms with Crippen molar-refractivity contribution in [3.63, 3.8) is 0 Å². The van der Waals surface area contributed by atoms with Gasteiger partial charge < -0.3 is 9.97 Å². The third-order valence-corrected chi connectivity index (χ3v) is 15.9. The number of aliphatic imine (C=N–C) groups is 2. The van der Waals surface area contributed by atoms with E-state index in [9.17, 15) is 0 Å². The van der Waals surface area contributed by atoms with Gasteiger partial charge in [-0.3, -0.25) is 0 Å². The van der Waals surface area contributed by atoms with Crippen molar-refractivity contribution in [1.29, 1.82) is 0 Å². The topological polar surface area (TPSA) is 52.9 Å². The minimum atomic E-state index is 0. The van der Waals surface area contributed by atoms with Crippen LogP contribution >= 0.6 is 31.9 Å². The molecule has 2 aliphatic heterocycles. The largest absolute Gasteiger partial charge is 2.00 e. The van der Waals surface area contributed by atoms with E-state index in [2.05, 4.69) is 209 Å². The van der Waals surface area contributed by atoms with Crippen molar-refractivity contribution >= 4 is 77.0 Å². The first kappa shape index (κ1) is 46.9. The van der Waals surface area contributed by atoms with Gasteiger partial charge in [-0.05, 0) is 202 Å². The van der Waals surface area contributed by atoms with Gasteiger partial charge in [0, 0.05) is 20.1 Å². The Morgan fingerprint density at radius 1 is 0.435 bits per heavy atom. The summed E-state index contributed by atoms with van der Waals surface area (Å²) in [4.78, 5) is 20.6. The maximum Gasteiger partial charge on any atom is 2.00 e. The SMILES string of the molecule is Cc1cc(C)c(-c2[n-]c(/C=C3\N=C4C(=C3Br)CCc3ccccc34)c3ccc(C)cc23)c(C)c1.Cc1cc(C)c(-c2[n-]c(/C=C3\N=C4C(=C3Br)CCc3ccccc34)c3ccc(C)cc23)c(C)c1.[Cu+2]. The van der Waals surface area contributed by atoms with Crippen molar-refractivity contribution in [1.82, 2.24) is 9.97 Å². The van der Waals surface area contributed by atoms with E-state index in [0.717, 1.165) is 80.2 Å². The van der Waals surface area contributed by atoms with Crippen LogP contribution in [0.15, 0.2) is 151 Å². The molecule has 0 spiro atoms. The van der Waals surface area contributed by atoms with Crippen molar-refractivity contribution in [2.45, 2.75) is 81.1 Å². The fraction of sp³-hybridized carbons (Fsp3) is 0.194. The van der Waals surface area contributed by atoms with E-state index in [1.165, 1.54) is 111 Å². The average Bonchev–Trinajstić information content (AvgIpc) is 4.03. The molecule has 0 saturated carbocycles. The second kappa shape index (κ2) is 18.5. The zero-order valence-electron chi connectivity index (χ0n) is 40.2. The molecule has 2 aliphatic carbocycles. The molecule has 4 nitrogen and oxygen atoms in total. The van der Waals surface area contributed by atoms with Crippen LogP contribution in [0.2, 0.25) is 0 Å². The molecule has 1 radical (unpaired) electrons. The molecule has 69 heavy (non-hydrogen) atoms. The molecule has 0 amide bonds. The van der Waals surface area contributed by atoms with E-state index in [-0.39, 0.29) is 17.1 Å². The maximum atomic E-state index is 5.22. The van der Waals surface area contributed by atoms with E-state index in [1.807, 2.05) is 0 Å². The molecule has 7 heteroatoms. The summed E-state index contributed by atoms with van der Waals surface area (Å²) in [7, 11) is 0. The Hall–Kier alpha value is -5.82. The monoisotopic (exact) mass is 1070 g/mol. The summed E-state index contributed by atoms with van der Waals surface area (Å²) in [6, 6.07) is 39.6. The number of benzene rings is 6. The summed E-state index contributed by atoms with van der Waals surface area (Å²) < 4.78 is 2.20. The van der Waals surface area contributed by atoms with Gasteiger partial charge in [0.15, 0.2) is 0 Å². The third kappa shape index (κ3) is 8.35. The van der Waals surface area contributed by atoms with Gasteiger partial charge in [-0.2, -0.15) is 0 Å². The number of aryl methyl sites for hydroxylation is 10. The van der Waals surface area contributed by atoms with Crippen LogP contribution in [0.25, 0.3) is 56.2 Å². The zero-order valence-corrected chi connectivity index (χ0v) is 44.3. The fourth-order valence-electron chi connectivity index (χ4n) is 11.1. The van der Waals surface area contributed by atoms with Gasteiger partial charge in [0.1, 0.15) is 0 Å². The molecular weight excluding hydrogens is 1020 g/mol. The van der Waals surface area contributed by atoms with Crippen molar-refractivity contribution in [3.8, 4) is 22.5 Å². The second-order valence-electron chi connectivity index (χ2n) is 19.2. The van der Waals surface area contributed by atoms with Crippen LogP contribution in [0.4, 0.5) is 0 Å². The minimum Gasteiger partial charge on any atom is -0.656 e. The standard InChI is InChI=1S/2C31H26BrN2.Cu/c2*1-17-9-11-23-25(15-17)31(28-19(3)13-18(2)14-20(28)4)33-26(23)16-27-29(32)24-12-10-21-7-5-6-8-22(21)30(24)34-27;/h2*5-9,11,13-16H,10,12H2,1-4H3;/q2*-1;+2/b2*27-16-;. The van der Waals surface area contributed by atoms with Crippen LogP contribution < -0.4 is 9.97 Å². The maximum absolute atomic E-state index is 5.22. The Morgan fingerprint density at radius 3 is 1.20 bits per heavy atom. The molecular formula is C62H52Br2CuN4. The summed E-state index contributed by atoms with van der Waals surface area (Å²) in [5.74, 6) is 0. The van der Waals surface area contributed by atoms with Gasteiger partial charge in [-0.25, -0.2) is 9.98 Å². The van der Waals surface area contributed by atoms with Crippen LogP contribution in [-0.4, -0.2) is 11.4 Å².